The Morgan fingerprint density at radius 2 is 1.94 bits per heavy atom. The SMILES string of the molecule is C=C1OC(c2ccc([N+](=O)[O-])cc2)=NC1(C)C. The lowest BCUT2D eigenvalue weighted by Gasteiger charge is -2.11. The first-order chi connectivity index (χ1) is 7.90. The minimum atomic E-state index is -0.447. The zero-order valence-corrected chi connectivity index (χ0v) is 9.64. The van der Waals surface area contributed by atoms with Crippen molar-refractivity contribution in [1.82, 2.24) is 0 Å². The molecule has 0 saturated heterocycles. The summed E-state index contributed by atoms with van der Waals surface area (Å²) >= 11 is 0. The summed E-state index contributed by atoms with van der Waals surface area (Å²) < 4.78 is 5.45. The van der Waals surface area contributed by atoms with E-state index in [0.717, 1.165) is 0 Å². The van der Waals surface area contributed by atoms with E-state index < -0.39 is 10.5 Å². The second-order valence-corrected chi connectivity index (χ2v) is 4.31. The lowest BCUT2D eigenvalue weighted by atomic mass is 10.1. The predicted molar refractivity (Wildman–Crippen MR) is 63.9 cm³/mol. The first kappa shape index (κ1) is 11.3. The maximum absolute atomic E-state index is 10.5. The van der Waals surface area contributed by atoms with Gasteiger partial charge in [0.1, 0.15) is 11.3 Å². The van der Waals surface area contributed by atoms with E-state index in [4.69, 9.17) is 4.74 Å². The number of hydrogen-bond acceptors (Lipinski definition) is 4. The molecule has 1 aliphatic heterocycles. The van der Waals surface area contributed by atoms with E-state index in [2.05, 4.69) is 11.6 Å². The van der Waals surface area contributed by atoms with E-state index in [1.807, 2.05) is 13.8 Å². The lowest BCUT2D eigenvalue weighted by Crippen LogP contribution is -2.14. The van der Waals surface area contributed by atoms with Crippen molar-refractivity contribution in [2.45, 2.75) is 19.4 Å². The van der Waals surface area contributed by atoms with Crippen molar-refractivity contribution in [3.05, 3.63) is 52.3 Å². The maximum atomic E-state index is 10.5. The van der Waals surface area contributed by atoms with Gasteiger partial charge in [-0.2, -0.15) is 0 Å². The highest BCUT2D eigenvalue weighted by Gasteiger charge is 2.31. The van der Waals surface area contributed by atoms with Crippen LogP contribution in [0.3, 0.4) is 0 Å². The van der Waals surface area contributed by atoms with Crippen molar-refractivity contribution in [3.63, 3.8) is 0 Å². The monoisotopic (exact) mass is 232 g/mol. The Labute approximate surface area is 98.6 Å². The highest BCUT2D eigenvalue weighted by atomic mass is 16.6. The molecule has 0 bridgehead atoms. The van der Waals surface area contributed by atoms with Gasteiger partial charge in [-0.25, -0.2) is 4.99 Å². The van der Waals surface area contributed by atoms with E-state index in [1.165, 1.54) is 12.1 Å². The largest absolute Gasteiger partial charge is 0.441 e. The number of hydrogen-bond donors (Lipinski definition) is 0. The van der Waals surface area contributed by atoms with Crippen LogP contribution in [0.5, 0.6) is 0 Å². The Bertz CT molecular complexity index is 515. The first-order valence-corrected chi connectivity index (χ1v) is 5.12. The van der Waals surface area contributed by atoms with Gasteiger partial charge in [-0.1, -0.05) is 6.58 Å². The molecule has 88 valence electrons. The van der Waals surface area contributed by atoms with E-state index >= 15 is 0 Å². The fraction of sp³-hybridized carbons (Fsp3) is 0.250. The zero-order valence-electron chi connectivity index (χ0n) is 9.64. The third-order valence-corrected chi connectivity index (χ3v) is 2.61. The van der Waals surface area contributed by atoms with Gasteiger partial charge in [-0.05, 0) is 26.0 Å². The molecular weight excluding hydrogens is 220 g/mol. The Balaban J connectivity index is 2.31. The second kappa shape index (κ2) is 3.69. The minimum absolute atomic E-state index is 0.0467. The molecule has 5 nitrogen and oxygen atoms in total. The van der Waals surface area contributed by atoms with Crippen LogP contribution in [-0.4, -0.2) is 16.4 Å². The number of ether oxygens (including phenoxy) is 1. The Morgan fingerprint density at radius 3 is 2.35 bits per heavy atom. The van der Waals surface area contributed by atoms with Crippen LogP contribution < -0.4 is 0 Å². The van der Waals surface area contributed by atoms with Crippen molar-refractivity contribution >= 4 is 11.6 Å². The quantitative estimate of drug-likeness (QED) is 0.581. The molecule has 0 atom stereocenters. The van der Waals surface area contributed by atoms with Gasteiger partial charge < -0.3 is 4.74 Å². The smallest absolute Gasteiger partial charge is 0.269 e. The van der Waals surface area contributed by atoms with Crippen molar-refractivity contribution in [2.75, 3.05) is 0 Å². The van der Waals surface area contributed by atoms with Gasteiger partial charge in [0.2, 0.25) is 5.90 Å². The van der Waals surface area contributed by atoms with Crippen molar-refractivity contribution in [1.29, 1.82) is 0 Å². The van der Waals surface area contributed by atoms with Gasteiger partial charge in [0.15, 0.2) is 0 Å². The molecular formula is C12H12N2O3. The van der Waals surface area contributed by atoms with Gasteiger partial charge in [-0.3, -0.25) is 10.1 Å². The summed E-state index contributed by atoms with van der Waals surface area (Å²) in [6.45, 7) is 7.58. The van der Waals surface area contributed by atoms with Crippen LogP contribution in [0.4, 0.5) is 5.69 Å². The first-order valence-electron chi connectivity index (χ1n) is 5.12. The van der Waals surface area contributed by atoms with Crippen LogP contribution in [0.1, 0.15) is 19.4 Å². The van der Waals surface area contributed by atoms with Gasteiger partial charge in [0, 0.05) is 17.7 Å². The van der Waals surface area contributed by atoms with Gasteiger partial charge in [-0.15, -0.1) is 0 Å². The number of benzene rings is 1. The minimum Gasteiger partial charge on any atom is -0.441 e. The van der Waals surface area contributed by atoms with Gasteiger partial charge in [0.05, 0.1) is 4.92 Å². The molecule has 17 heavy (non-hydrogen) atoms. The van der Waals surface area contributed by atoms with Gasteiger partial charge >= 0.3 is 0 Å². The van der Waals surface area contributed by atoms with Crippen LogP contribution in [0, 0.1) is 10.1 Å². The molecule has 0 spiro atoms. The molecule has 1 heterocycles. The second-order valence-electron chi connectivity index (χ2n) is 4.31. The summed E-state index contributed by atoms with van der Waals surface area (Å²) in [7, 11) is 0. The fourth-order valence-electron chi connectivity index (χ4n) is 1.43. The van der Waals surface area contributed by atoms with Crippen LogP contribution in [0.25, 0.3) is 0 Å². The molecule has 0 N–H and O–H groups in total. The topological polar surface area (TPSA) is 64.7 Å². The molecule has 0 aliphatic carbocycles. The van der Waals surface area contributed by atoms with E-state index in [1.54, 1.807) is 12.1 Å². The van der Waals surface area contributed by atoms with Gasteiger partial charge in [0.25, 0.3) is 5.69 Å². The average molecular weight is 232 g/mol. The Hall–Kier alpha value is -2.17. The summed E-state index contributed by atoms with van der Waals surface area (Å²) in [4.78, 5) is 14.4. The van der Waals surface area contributed by atoms with Crippen molar-refractivity contribution in [2.24, 2.45) is 4.99 Å². The van der Waals surface area contributed by atoms with E-state index in [-0.39, 0.29) is 5.69 Å². The Morgan fingerprint density at radius 1 is 1.35 bits per heavy atom. The fourth-order valence-corrected chi connectivity index (χ4v) is 1.43. The maximum Gasteiger partial charge on any atom is 0.269 e. The molecule has 0 radical (unpaired) electrons. The summed E-state index contributed by atoms with van der Waals surface area (Å²) in [6.07, 6.45) is 0. The molecule has 0 saturated carbocycles. The van der Waals surface area contributed by atoms with Crippen LogP contribution in [-0.2, 0) is 4.74 Å². The average Bonchev–Trinajstić information content (AvgIpc) is 2.54. The normalized spacial score (nSPS) is 17.5. The number of non-ortho nitro benzene ring substituents is 1. The van der Waals surface area contributed by atoms with Crippen molar-refractivity contribution in [3.8, 4) is 0 Å². The van der Waals surface area contributed by atoms with E-state index in [9.17, 15) is 10.1 Å². The summed E-state index contributed by atoms with van der Waals surface area (Å²) in [5, 5.41) is 10.5. The number of nitrogens with zero attached hydrogens (tertiary/aromatic N) is 2. The highest BCUT2D eigenvalue weighted by Crippen LogP contribution is 2.29. The number of aliphatic imine (C=N–C) groups is 1. The van der Waals surface area contributed by atoms with Crippen LogP contribution >= 0.6 is 0 Å². The molecule has 0 fully saturated rings. The van der Waals surface area contributed by atoms with E-state index in [0.29, 0.717) is 17.2 Å². The molecule has 1 aromatic rings. The molecule has 5 heteroatoms. The number of nitro benzene ring substituents is 1. The number of rotatable bonds is 2. The highest BCUT2D eigenvalue weighted by molar-refractivity contribution is 5.96. The lowest BCUT2D eigenvalue weighted by molar-refractivity contribution is -0.384. The third kappa shape index (κ3) is 2.04. The molecule has 0 unspecified atom stereocenters. The predicted octanol–water partition coefficient (Wildman–Crippen LogP) is 2.66. The third-order valence-electron chi connectivity index (χ3n) is 2.61. The van der Waals surface area contributed by atoms with Crippen molar-refractivity contribution < 1.29 is 9.66 Å². The molecule has 0 amide bonds. The summed E-state index contributed by atoms with van der Waals surface area (Å²) in [5.74, 6) is 1.03. The Kier molecular flexibility index (Phi) is 2.46. The molecule has 0 aromatic heterocycles. The molecule has 1 aromatic carbocycles. The van der Waals surface area contributed by atoms with Crippen LogP contribution in [0.2, 0.25) is 0 Å². The summed E-state index contributed by atoms with van der Waals surface area (Å²) in [5.41, 5.74) is 0.310. The molecule has 2 rings (SSSR count). The zero-order chi connectivity index (χ0) is 12.6. The molecule has 1 aliphatic rings. The summed E-state index contributed by atoms with van der Waals surface area (Å²) in [6, 6.07) is 6.09. The standard InChI is InChI=1S/C12H12N2O3/c1-8-12(2,3)13-11(17-8)9-4-6-10(7-5-9)14(15)16/h4-7H,1H2,2-3H3. The number of nitro groups is 1. The van der Waals surface area contributed by atoms with Crippen LogP contribution in [0.15, 0.2) is 41.6 Å².